The summed E-state index contributed by atoms with van der Waals surface area (Å²) in [5.41, 5.74) is -0.476. The lowest BCUT2D eigenvalue weighted by molar-refractivity contribution is -0.00712. The molecule has 2 heteroatoms. The van der Waals surface area contributed by atoms with Gasteiger partial charge in [0.25, 0.3) is 0 Å². The van der Waals surface area contributed by atoms with Gasteiger partial charge in [0, 0.05) is 0 Å². The van der Waals surface area contributed by atoms with Crippen molar-refractivity contribution in [2.24, 2.45) is 11.8 Å². The summed E-state index contributed by atoms with van der Waals surface area (Å²) in [6.07, 6.45) is 2.17. The van der Waals surface area contributed by atoms with Gasteiger partial charge in [0.1, 0.15) is 0 Å². The molecule has 0 aromatic heterocycles. The van der Waals surface area contributed by atoms with Gasteiger partial charge in [-0.1, -0.05) is 13.8 Å². The Morgan fingerprint density at radius 2 is 2.25 bits per heavy atom. The van der Waals surface area contributed by atoms with Crippen LogP contribution < -0.4 is 5.32 Å². The monoisotopic (exact) mass is 171 g/mol. The van der Waals surface area contributed by atoms with Crippen molar-refractivity contribution in [2.75, 3.05) is 13.1 Å². The summed E-state index contributed by atoms with van der Waals surface area (Å²) in [5.74, 6) is 1.04. The average molecular weight is 171 g/mol. The normalized spacial score (nSPS) is 29.2. The molecule has 0 aliphatic carbocycles. The van der Waals surface area contributed by atoms with Crippen LogP contribution in [0.1, 0.15) is 33.6 Å². The molecule has 2 atom stereocenters. The van der Waals surface area contributed by atoms with E-state index in [0.29, 0.717) is 11.8 Å². The number of aliphatic hydroxyl groups is 1. The van der Waals surface area contributed by atoms with Gasteiger partial charge in [0.2, 0.25) is 0 Å². The summed E-state index contributed by atoms with van der Waals surface area (Å²) in [6.45, 7) is 8.34. The van der Waals surface area contributed by atoms with E-state index >= 15 is 0 Å². The quantitative estimate of drug-likeness (QED) is 0.672. The maximum absolute atomic E-state index is 10.0. The molecule has 72 valence electrons. The summed E-state index contributed by atoms with van der Waals surface area (Å²) >= 11 is 0. The minimum Gasteiger partial charge on any atom is -0.390 e. The van der Waals surface area contributed by atoms with Crippen LogP contribution in [0.3, 0.4) is 0 Å². The SMILES string of the molecule is CC(C)C(C)(O)CC1CCNC1. The molecule has 2 N–H and O–H groups in total. The maximum atomic E-state index is 10.0. The van der Waals surface area contributed by atoms with Crippen LogP contribution in [0, 0.1) is 11.8 Å². The Labute approximate surface area is 75.4 Å². The zero-order chi connectivity index (χ0) is 9.19. The Hall–Kier alpha value is -0.0800. The second-order valence-electron chi connectivity index (χ2n) is 4.57. The third-order valence-corrected chi connectivity index (χ3v) is 3.11. The lowest BCUT2D eigenvalue weighted by atomic mass is 9.83. The molecule has 1 rings (SSSR count). The molecule has 1 aliphatic rings. The van der Waals surface area contributed by atoms with Crippen molar-refractivity contribution in [3.63, 3.8) is 0 Å². The molecule has 0 radical (unpaired) electrons. The highest BCUT2D eigenvalue weighted by Gasteiger charge is 2.29. The van der Waals surface area contributed by atoms with Crippen LogP contribution in [0.5, 0.6) is 0 Å². The van der Waals surface area contributed by atoms with Gasteiger partial charge in [0.15, 0.2) is 0 Å². The Morgan fingerprint density at radius 3 is 2.67 bits per heavy atom. The summed E-state index contributed by atoms with van der Waals surface area (Å²) in [6, 6.07) is 0. The molecule has 2 unspecified atom stereocenters. The molecular formula is C10H21NO. The topological polar surface area (TPSA) is 32.3 Å². The molecule has 1 saturated heterocycles. The van der Waals surface area contributed by atoms with Gasteiger partial charge in [-0.25, -0.2) is 0 Å². The van der Waals surface area contributed by atoms with Crippen molar-refractivity contribution in [3.05, 3.63) is 0 Å². The molecule has 1 fully saturated rings. The van der Waals surface area contributed by atoms with E-state index in [2.05, 4.69) is 19.2 Å². The molecule has 2 nitrogen and oxygen atoms in total. The predicted molar refractivity (Wildman–Crippen MR) is 51.1 cm³/mol. The second-order valence-corrected chi connectivity index (χ2v) is 4.57. The lowest BCUT2D eigenvalue weighted by Gasteiger charge is -2.30. The van der Waals surface area contributed by atoms with Crippen LogP contribution in [0.25, 0.3) is 0 Å². The van der Waals surface area contributed by atoms with Crippen molar-refractivity contribution in [3.8, 4) is 0 Å². The van der Waals surface area contributed by atoms with Crippen LogP contribution in [0.4, 0.5) is 0 Å². The van der Waals surface area contributed by atoms with E-state index in [-0.39, 0.29) is 0 Å². The summed E-state index contributed by atoms with van der Waals surface area (Å²) in [7, 11) is 0. The molecule has 0 aromatic rings. The van der Waals surface area contributed by atoms with Crippen LogP contribution >= 0.6 is 0 Å². The largest absolute Gasteiger partial charge is 0.390 e. The van der Waals surface area contributed by atoms with Crippen LogP contribution in [0.15, 0.2) is 0 Å². The Bertz CT molecular complexity index is 137. The highest BCUT2D eigenvalue weighted by atomic mass is 16.3. The van der Waals surface area contributed by atoms with Gasteiger partial charge in [-0.15, -0.1) is 0 Å². The Morgan fingerprint density at radius 1 is 1.58 bits per heavy atom. The van der Waals surface area contributed by atoms with E-state index in [1.807, 2.05) is 6.92 Å². The van der Waals surface area contributed by atoms with Gasteiger partial charge in [-0.2, -0.15) is 0 Å². The standard InChI is InChI=1S/C10H21NO/c1-8(2)10(3,12)6-9-4-5-11-7-9/h8-9,11-12H,4-7H2,1-3H3. The fourth-order valence-corrected chi connectivity index (χ4v) is 1.71. The average Bonchev–Trinajstić information content (AvgIpc) is 2.38. The van der Waals surface area contributed by atoms with E-state index in [1.165, 1.54) is 6.42 Å². The smallest absolute Gasteiger partial charge is 0.0645 e. The fraction of sp³-hybridized carbons (Fsp3) is 1.00. The first-order valence-electron chi connectivity index (χ1n) is 4.95. The number of hydrogen-bond donors (Lipinski definition) is 2. The molecule has 0 amide bonds. The van der Waals surface area contributed by atoms with Crippen LogP contribution in [-0.4, -0.2) is 23.8 Å². The summed E-state index contributed by atoms with van der Waals surface area (Å²) < 4.78 is 0. The summed E-state index contributed by atoms with van der Waals surface area (Å²) in [4.78, 5) is 0. The van der Waals surface area contributed by atoms with Crippen molar-refractivity contribution < 1.29 is 5.11 Å². The molecule has 0 aromatic carbocycles. The first kappa shape index (κ1) is 10.0. The number of nitrogens with one attached hydrogen (secondary N) is 1. The van der Waals surface area contributed by atoms with Gasteiger partial charge >= 0.3 is 0 Å². The van der Waals surface area contributed by atoms with Gasteiger partial charge in [0.05, 0.1) is 5.60 Å². The maximum Gasteiger partial charge on any atom is 0.0645 e. The lowest BCUT2D eigenvalue weighted by Crippen LogP contribution is -2.34. The van der Waals surface area contributed by atoms with Crippen LogP contribution in [0.2, 0.25) is 0 Å². The summed E-state index contributed by atoms with van der Waals surface area (Å²) in [5, 5.41) is 13.3. The van der Waals surface area contributed by atoms with Gasteiger partial charge in [-0.3, -0.25) is 0 Å². The van der Waals surface area contributed by atoms with E-state index in [4.69, 9.17) is 0 Å². The van der Waals surface area contributed by atoms with Crippen molar-refractivity contribution in [1.82, 2.24) is 5.32 Å². The molecule has 0 bridgehead atoms. The first-order valence-corrected chi connectivity index (χ1v) is 4.95. The third kappa shape index (κ3) is 2.46. The molecule has 0 saturated carbocycles. The van der Waals surface area contributed by atoms with Crippen LogP contribution in [-0.2, 0) is 0 Å². The highest BCUT2D eigenvalue weighted by molar-refractivity contribution is 4.83. The first-order chi connectivity index (χ1) is 5.52. The van der Waals surface area contributed by atoms with E-state index in [0.717, 1.165) is 19.5 Å². The third-order valence-electron chi connectivity index (χ3n) is 3.11. The van der Waals surface area contributed by atoms with E-state index < -0.39 is 5.60 Å². The van der Waals surface area contributed by atoms with Gasteiger partial charge < -0.3 is 10.4 Å². The number of rotatable bonds is 3. The van der Waals surface area contributed by atoms with Gasteiger partial charge in [-0.05, 0) is 44.7 Å². The second kappa shape index (κ2) is 3.75. The van der Waals surface area contributed by atoms with Crippen molar-refractivity contribution >= 4 is 0 Å². The predicted octanol–water partition coefficient (Wildman–Crippen LogP) is 1.39. The highest BCUT2D eigenvalue weighted by Crippen LogP contribution is 2.27. The van der Waals surface area contributed by atoms with Crippen molar-refractivity contribution in [1.29, 1.82) is 0 Å². The van der Waals surface area contributed by atoms with Crippen molar-refractivity contribution in [2.45, 2.75) is 39.2 Å². The minimum absolute atomic E-state index is 0.359. The molecule has 1 heterocycles. The number of hydrogen-bond acceptors (Lipinski definition) is 2. The Balaban J connectivity index is 2.37. The molecule has 12 heavy (non-hydrogen) atoms. The minimum atomic E-state index is -0.476. The van der Waals surface area contributed by atoms with E-state index in [9.17, 15) is 5.11 Å². The zero-order valence-corrected chi connectivity index (χ0v) is 8.43. The van der Waals surface area contributed by atoms with E-state index in [1.54, 1.807) is 0 Å². The zero-order valence-electron chi connectivity index (χ0n) is 8.43. The molecule has 1 aliphatic heterocycles. The fourth-order valence-electron chi connectivity index (χ4n) is 1.71. The molecular weight excluding hydrogens is 150 g/mol. The Kier molecular flexibility index (Phi) is 3.13. The molecule has 0 spiro atoms.